The number of aliphatic imine (C=N–C) groups is 1. The Morgan fingerprint density at radius 3 is 2.70 bits per heavy atom. The van der Waals surface area contributed by atoms with Crippen LogP contribution >= 0.6 is 0 Å². The van der Waals surface area contributed by atoms with Crippen molar-refractivity contribution >= 4 is 25.3 Å². The summed E-state index contributed by atoms with van der Waals surface area (Å²) in [6.07, 6.45) is 6.42. The van der Waals surface area contributed by atoms with Crippen LogP contribution < -0.4 is 4.46 Å². The summed E-state index contributed by atoms with van der Waals surface area (Å²) in [6.45, 7) is 5.11. The van der Waals surface area contributed by atoms with Gasteiger partial charge < -0.3 is 0 Å². The van der Waals surface area contributed by atoms with Crippen molar-refractivity contribution in [1.82, 2.24) is 0 Å². The summed E-state index contributed by atoms with van der Waals surface area (Å²) in [5.74, 6) is 2.55. The Hall–Kier alpha value is -0.791. The molecule has 0 bridgehead atoms. The molecule has 1 atom stereocenters. The second-order valence-electron chi connectivity index (χ2n) is 5.28. The standard InChI is InChI=1S/C17H18NOSe/c1-12(2)15-11-19-17(18-15)14-9-6-10-16(14)20-13-7-4-3-5-8-13/h3-10,12,15H,11H2,1-2H3/t15-/m1/s1. The molecule has 2 nitrogen and oxygen atoms in total. The molecule has 0 aromatic heterocycles. The van der Waals surface area contributed by atoms with Gasteiger partial charge in [-0.25, -0.2) is 0 Å². The second-order valence-corrected chi connectivity index (χ2v) is 7.62. The zero-order valence-electron chi connectivity index (χ0n) is 11.7. The van der Waals surface area contributed by atoms with E-state index in [1.807, 2.05) is 0 Å². The van der Waals surface area contributed by atoms with Gasteiger partial charge in [-0.3, -0.25) is 0 Å². The molecule has 0 spiro atoms. The van der Waals surface area contributed by atoms with Crippen molar-refractivity contribution < 1.29 is 4.74 Å². The van der Waals surface area contributed by atoms with Gasteiger partial charge in [0, 0.05) is 0 Å². The Labute approximate surface area is 128 Å². The van der Waals surface area contributed by atoms with Crippen molar-refractivity contribution in [3.63, 3.8) is 0 Å². The molecule has 103 valence electrons. The molecule has 1 aromatic rings. The van der Waals surface area contributed by atoms with Crippen LogP contribution in [0.2, 0.25) is 0 Å². The van der Waals surface area contributed by atoms with Crippen LogP contribution in [0.15, 0.2) is 35.3 Å². The number of hydrogen-bond donors (Lipinski definition) is 0. The number of nitrogens with zero attached hydrogens (tertiary/aromatic N) is 1. The van der Waals surface area contributed by atoms with Crippen LogP contribution in [0.25, 0.3) is 0 Å². The molecule has 0 amide bonds. The van der Waals surface area contributed by atoms with Gasteiger partial charge in [0.25, 0.3) is 0 Å². The fourth-order valence-electron chi connectivity index (χ4n) is 2.16. The first-order valence-corrected chi connectivity index (χ1v) is 8.65. The Balaban J connectivity index is 1.69. The number of hydrogen-bond acceptors (Lipinski definition) is 2. The molecule has 1 aliphatic heterocycles. The van der Waals surface area contributed by atoms with Gasteiger partial charge in [0.15, 0.2) is 0 Å². The third-order valence-electron chi connectivity index (χ3n) is 3.42. The summed E-state index contributed by atoms with van der Waals surface area (Å²) in [6, 6.07) is 10.9. The van der Waals surface area contributed by atoms with E-state index < -0.39 is 0 Å². The fraction of sp³-hybridized carbons (Fsp3) is 0.294. The van der Waals surface area contributed by atoms with Crippen molar-refractivity contribution in [3.8, 4) is 0 Å². The first-order chi connectivity index (χ1) is 9.74. The van der Waals surface area contributed by atoms with E-state index in [2.05, 4.69) is 63.4 Å². The third-order valence-corrected chi connectivity index (χ3v) is 5.69. The molecule has 0 unspecified atom stereocenters. The van der Waals surface area contributed by atoms with Gasteiger partial charge in [0.05, 0.1) is 0 Å². The zero-order valence-corrected chi connectivity index (χ0v) is 13.5. The minimum absolute atomic E-state index is 0.303. The second kappa shape index (κ2) is 6.32. The first kappa shape index (κ1) is 14.2. The van der Waals surface area contributed by atoms with E-state index in [4.69, 9.17) is 9.73 Å². The summed E-state index contributed by atoms with van der Waals surface area (Å²) < 4.78 is 7.19. The van der Waals surface area contributed by atoms with E-state index in [1.165, 1.54) is 15.2 Å². The number of rotatable bonds is 4. The fourth-order valence-corrected chi connectivity index (χ4v) is 4.18. The van der Waals surface area contributed by atoms with E-state index >= 15 is 0 Å². The van der Waals surface area contributed by atoms with Crippen LogP contribution in [-0.2, 0) is 4.74 Å². The SMILES string of the molecule is CC(C)[C@H]1COC([C]2[CH][CH][CH][C]2[Se]c2ccccc2)=N1. The average Bonchev–Trinajstić information content (AvgIpc) is 3.08. The Kier molecular flexibility index (Phi) is 4.48. The predicted molar refractivity (Wildman–Crippen MR) is 83.2 cm³/mol. The van der Waals surface area contributed by atoms with Crippen LogP contribution in [0, 0.1) is 35.9 Å². The Bertz CT molecular complexity index is 471. The molecule has 1 fully saturated rings. The van der Waals surface area contributed by atoms with E-state index in [0.717, 1.165) is 12.5 Å². The first-order valence-electron chi connectivity index (χ1n) is 6.93. The van der Waals surface area contributed by atoms with E-state index in [-0.39, 0.29) is 0 Å². The summed E-state index contributed by atoms with van der Waals surface area (Å²) in [7, 11) is 0. The van der Waals surface area contributed by atoms with E-state index in [1.54, 1.807) is 0 Å². The predicted octanol–water partition coefficient (Wildman–Crippen LogP) is 2.20. The molecule has 0 N–H and O–H groups in total. The van der Waals surface area contributed by atoms with Crippen molar-refractivity contribution in [3.05, 3.63) is 60.3 Å². The van der Waals surface area contributed by atoms with Gasteiger partial charge in [0.1, 0.15) is 0 Å². The van der Waals surface area contributed by atoms with E-state index in [0.29, 0.717) is 26.9 Å². The van der Waals surface area contributed by atoms with Crippen molar-refractivity contribution in [2.75, 3.05) is 6.61 Å². The number of benzene rings is 1. The quantitative estimate of drug-likeness (QED) is 0.775. The molecular weight excluding hydrogens is 313 g/mol. The monoisotopic (exact) mass is 332 g/mol. The normalized spacial score (nSPS) is 24.1. The molecule has 2 aliphatic rings. The Morgan fingerprint density at radius 1 is 1.20 bits per heavy atom. The molecule has 5 radical (unpaired) electrons. The molecule has 1 saturated carbocycles. The van der Waals surface area contributed by atoms with Gasteiger partial charge in [-0.05, 0) is 0 Å². The average molecular weight is 331 g/mol. The van der Waals surface area contributed by atoms with Crippen LogP contribution in [0.4, 0.5) is 0 Å². The van der Waals surface area contributed by atoms with Crippen LogP contribution in [0.3, 0.4) is 0 Å². The topological polar surface area (TPSA) is 21.6 Å². The zero-order chi connectivity index (χ0) is 13.9. The number of ether oxygens (including phenoxy) is 1. The molecule has 1 aromatic carbocycles. The molecule has 1 aliphatic carbocycles. The van der Waals surface area contributed by atoms with Crippen LogP contribution in [-0.4, -0.2) is 33.5 Å². The maximum absolute atomic E-state index is 5.81. The van der Waals surface area contributed by atoms with Crippen LogP contribution in [0.1, 0.15) is 13.8 Å². The van der Waals surface area contributed by atoms with Gasteiger partial charge >= 0.3 is 128 Å². The van der Waals surface area contributed by atoms with Crippen molar-refractivity contribution in [2.45, 2.75) is 19.9 Å². The van der Waals surface area contributed by atoms with Crippen molar-refractivity contribution in [1.29, 1.82) is 0 Å². The molecule has 3 rings (SSSR count). The maximum atomic E-state index is 5.81. The van der Waals surface area contributed by atoms with Gasteiger partial charge in [0.2, 0.25) is 0 Å². The molecule has 0 saturated heterocycles. The molecule has 20 heavy (non-hydrogen) atoms. The van der Waals surface area contributed by atoms with Gasteiger partial charge in [-0.1, -0.05) is 0 Å². The molecule has 3 heteroatoms. The summed E-state index contributed by atoms with van der Waals surface area (Å²) in [5, 5.41) is 0. The third kappa shape index (κ3) is 3.10. The van der Waals surface area contributed by atoms with Gasteiger partial charge in [-0.15, -0.1) is 0 Å². The summed E-state index contributed by atoms with van der Waals surface area (Å²) >= 11 is 0.307. The molecule has 1 heterocycles. The van der Waals surface area contributed by atoms with E-state index in [9.17, 15) is 0 Å². The molecular formula is C17H18NOSe. The van der Waals surface area contributed by atoms with Gasteiger partial charge in [-0.2, -0.15) is 0 Å². The Morgan fingerprint density at radius 2 is 2.00 bits per heavy atom. The minimum atomic E-state index is 0.303. The summed E-state index contributed by atoms with van der Waals surface area (Å²) in [5.41, 5.74) is 0. The summed E-state index contributed by atoms with van der Waals surface area (Å²) in [4.78, 5) is 6.09. The van der Waals surface area contributed by atoms with Crippen molar-refractivity contribution in [2.24, 2.45) is 10.9 Å². The van der Waals surface area contributed by atoms with Crippen LogP contribution in [0.5, 0.6) is 0 Å².